The Labute approximate surface area is 133 Å². The van der Waals surface area contributed by atoms with E-state index in [0.29, 0.717) is 24.5 Å². The van der Waals surface area contributed by atoms with E-state index in [1.54, 1.807) is 0 Å². The summed E-state index contributed by atoms with van der Waals surface area (Å²) < 4.78 is 16.8. The third kappa shape index (κ3) is 2.84. The van der Waals surface area contributed by atoms with E-state index < -0.39 is 5.63 Å². The maximum Gasteiger partial charge on any atom is 0.355 e. The van der Waals surface area contributed by atoms with E-state index in [9.17, 15) is 4.79 Å². The third-order valence-corrected chi connectivity index (χ3v) is 4.33. The fourth-order valence-electron chi connectivity index (χ4n) is 2.58. The molecule has 0 amide bonds. The largest absolute Gasteiger partial charge is 0.490 e. The average molecular weight is 324 g/mol. The summed E-state index contributed by atoms with van der Waals surface area (Å²) in [5.41, 5.74) is 1.51. The molecule has 1 atom stereocenters. The topological polar surface area (TPSA) is 60.7 Å². The molecule has 2 aromatic rings. The predicted octanol–water partition coefficient (Wildman–Crippen LogP) is 2.43. The van der Waals surface area contributed by atoms with Gasteiger partial charge in [-0.25, -0.2) is 4.79 Å². The molecule has 118 valence electrons. The number of rotatable bonds is 3. The monoisotopic (exact) mass is 323 g/mol. The van der Waals surface area contributed by atoms with Crippen molar-refractivity contribution < 1.29 is 13.9 Å². The van der Waals surface area contributed by atoms with Gasteiger partial charge in [0.2, 0.25) is 0 Å². The molecule has 1 aromatic heterocycles. The van der Waals surface area contributed by atoms with Crippen LogP contribution in [0, 0.1) is 13.8 Å². The fraction of sp³-hybridized carbons (Fsp3) is 0.438. The van der Waals surface area contributed by atoms with Crippen LogP contribution in [0.2, 0.25) is 5.02 Å². The second-order valence-corrected chi connectivity index (χ2v) is 5.78. The first-order chi connectivity index (χ1) is 10.6. The molecule has 1 aromatic carbocycles. The minimum absolute atomic E-state index is 0.0304. The molecule has 2 heterocycles. The summed E-state index contributed by atoms with van der Waals surface area (Å²) in [6.45, 7) is 6.47. The minimum atomic E-state index is -0.522. The highest BCUT2D eigenvalue weighted by Gasteiger charge is 2.17. The number of nitrogens with one attached hydrogen (secondary N) is 1. The van der Waals surface area contributed by atoms with Gasteiger partial charge in [0.25, 0.3) is 0 Å². The molecule has 1 N–H and O–H groups in total. The Bertz CT molecular complexity index is 750. The number of benzene rings is 1. The summed E-state index contributed by atoms with van der Waals surface area (Å²) in [4.78, 5) is 11.8. The Balaban J connectivity index is 1.89. The molecule has 22 heavy (non-hydrogen) atoms. The third-order valence-electron chi connectivity index (χ3n) is 3.89. The molecule has 0 radical (unpaired) electrons. The highest BCUT2D eigenvalue weighted by Crippen LogP contribution is 2.30. The number of aryl methyl sites for hydroxylation is 2. The van der Waals surface area contributed by atoms with Gasteiger partial charge in [0.15, 0.2) is 0 Å². The van der Waals surface area contributed by atoms with Gasteiger partial charge in [0, 0.05) is 24.0 Å². The molecule has 0 spiro atoms. The van der Waals surface area contributed by atoms with Crippen LogP contribution in [0.5, 0.6) is 5.75 Å². The summed E-state index contributed by atoms with van der Waals surface area (Å²) in [5, 5.41) is 4.21. The zero-order chi connectivity index (χ0) is 15.7. The van der Waals surface area contributed by atoms with E-state index in [0.717, 1.165) is 29.6 Å². The van der Waals surface area contributed by atoms with Gasteiger partial charge in [-0.1, -0.05) is 11.6 Å². The first kappa shape index (κ1) is 15.3. The van der Waals surface area contributed by atoms with Gasteiger partial charge in [-0.05, 0) is 31.5 Å². The Morgan fingerprint density at radius 1 is 1.36 bits per heavy atom. The van der Waals surface area contributed by atoms with E-state index in [2.05, 4.69) is 5.32 Å². The van der Waals surface area contributed by atoms with Crippen LogP contribution in [0.25, 0.3) is 11.0 Å². The lowest BCUT2D eigenvalue weighted by molar-refractivity contribution is 0.0000793. The highest BCUT2D eigenvalue weighted by molar-refractivity contribution is 6.31. The van der Waals surface area contributed by atoms with E-state index >= 15 is 0 Å². The van der Waals surface area contributed by atoms with Crippen molar-refractivity contribution >= 4 is 22.6 Å². The second kappa shape index (κ2) is 6.28. The van der Waals surface area contributed by atoms with Crippen molar-refractivity contribution in [2.24, 2.45) is 0 Å². The molecule has 1 unspecified atom stereocenters. The fourth-order valence-corrected chi connectivity index (χ4v) is 2.72. The average Bonchev–Trinajstić information content (AvgIpc) is 2.54. The lowest BCUT2D eigenvalue weighted by Crippen LogP contribution is -2.41. The first-order valence-electron chi connectivity index (χ1n) is 7.25. The summed E-state index contributed by atoms with van der Waals surface area (Å²) in [6, 6.07) is 3.74. The van der Waals surface area contributed by atoms with Crippen LogP contribution < -0.4 is 15.7 Å². The standard InChI is InChI=1S/C16H18ClNO4/c1-9-12-3-4-13(21-8-11-7-18-5-6-20-11)10(2)15(12)22-16(19)14(9)17/h3-4,11,18H,5-8H2,1-2H3. The normalized spacial score (nSPS) is 18.6. The van der Waals surface area contributed by atoms with Gasteiger partial charge >= 0.3 is 5.63 Å². The van der Waals surface area contributed by atoms with Crippen LogP contribution in [0.3, 0.4) is 0 Å². The lowest BCUT2D eigenvalue weighted by Gasteiger charge is -2.24. The van der Waals surface area contributed by atoms with E-state index in [-0.39, 0.29) is 11.1 Å². The summed E-state index contributed by atoms with van der Waals surface area (Å²) in [6.07, 6.45) is 0.0304. The van der Waals surface area contributed by atoms with Crippen LogP contribution in [0.1, 0.15) is 11.1 Å². The van der Waals surface area contributed by atoms with Gasteiger partial charge in [0.05, 0.1) is 6.61 Å². The zero-order valence-electron chi connectivity index (χ0n) is 12.6. The van der Waals surface area contributed by atoms with Crippen molar-refractivity contribution in [2.75, 3.05) is 26.3 Å². The molecule has 0 aliphatic carbocycles. The van der Waals surface area contributed by atoms with Crippen LogP contribution in [0.4, 0.5) is 0 Å². The Morgan fingerprint density at radius 3 is 2.91 bits per heavy atom. The Kier molecular flexibility index (Phi) is 4.38. The second-order valence-electron chi connectivity index (χ2n) is 5.40. The smallest absolute Gasteiger partial charge is 0.355 e. The molecular formula is C16H18ClNO4. The SMILES string of the molecule is Cc1c(Cl)c(=O)oc2c(C)c(OCC3CNCCO3)ccc12. The number of fused-ring (bicyclic) bond motifs is 1. The van der Waals surface area contributed by atoms with Gasteiger partial charge in [0.1, 0.15) is 29.1 Å². The van der Waals surface area contributed by atoms with Crippen molar-refractivity contribution in [1.82, 2.24) is 5.32 Å². The Morgan fingerprint density at radius 2 is 2.18 bits per heavy atom. The predicted molar refractivity (Wildman–Crippen MR) is 85.1 cm³/mol. The van der Waals surface area contributed by atoms with Crippen molar-refractivity contribution in [2.45, 2.75) is 20.0 Å². The van der Waals surface area contributed by atoms with Gasteiger partial charge in [-0.3, -0.25) is 0 Å². The quantitative estimate of drug-likeness (QED) is 0.879. The lowest BCUT2D eigenvalue weighted by atomic mass is 10.1. The van der Waals surface area contributed by atoms with Crippen molar-refractivity contribution in [3.8, 4) is 5.75 Å². The molecular weight excluding hydrogens is 306 g/mol. The molecule has 3 rings (SSSR count). The molecule has 1 aliphatic heterocycles. The van der Waals surface area contributed by atoms with E-state index in [4.69, 9.17) is 25.5 Å². The first-order valence-corrected chi connectivity index (χ1v) is 7.63. The van der Waals surface area contributed by atoms with Crippen LogP contribution >= 0.6 is 11.6 Å². The number of hydrogen-bond donors (Lipinski definition) is 1. The number of morpholine rings is 1. The molecule has 0 bridgehead atoms. The van der Waals surface area contributed by atoms with Gasteiger partial charge in [-0.15, -0.1) is 0 Å². The molecule has 0 saturated carbocycles. The zero-order valence-corrected chi connectivity index (χ0v) is 13.3. The van der Waals surface area contributed by atoms with Crippen molar-refractivity contribution in [3.63, 3.8) is 0 Å². The maximum atomic E-state index is 11.8. The number of halogens is 1. The van der Waals surface area contributed by atoms with Crippen molar-refractivity contribution in [1.29, 1.82) is 0 Å². The minimum Gasteiger partial charge on any atom is -0.490 e. The van der Waals surface area contributed by atoms with E-state index in [1.165, 1.54) is 0 Å². The van der Waals surface area contributed by atoms with Gasteiger partial charge in [-0.2, -0.15) is 0 Å². The summed E-state index contributed by atoms with van der Waals surface area (Å²) in [5.74, 6) is 0.687. The van der Waals surface area contributed by atoms with Crippen molar-refractivity contribution in [3.05, 3.63) is 38.7 Å². The van der Waals surface area contributed by atoms with Crippen LogP contribution in [-0.4, -0.2) is 32.4 Å². The number of ether oxygens (including phenoxy) is 2. The van der Waals surface area contributed by atoms with Gasteiger partial charge < -0.3 is 19.2 Å². The van der Waals surface area contributed by atoms with E-state index in [1.807, 2.05) is 26.0 Å². The molecule has 5 nitrogen and oxygen atoms in total. The molecule has 1 saturated heterocycles. The summed E-state index contributed by atoms with van der Waals surface area (Å²) >= 11 is 5.95. The highest BCUT2D eigenvalue weighted by atomic mass is 35.5. The van der Waals surface area contributed by atoms with Crippen LogP contribution in [0.15, 0.2) is 21.3 Å². The Hall–Kier alpha value is -1.56. The maximum absolute atomic E-state index is 11.8. The van der Waals surface area contributed by atoms with Crippen LogP contribution in [-0.2, 0) is 4.74 Å². The number of hydrogen-bond acceptors (Lipinski definition) is 5. The summed E-state index contributed by atoms with van der Waals surface area (Å²) in [7, 11) is 0. The molecule has 1 aliphatic rings. The molecule has 6 heteroatoms. The molecule has 1 fully saturated rings.